The highest BCUT2D eigenvalue weighted by atomic mass is 32.2. The molecule has 0 spiro atoms. The summed E-state index contributed by atoms with van der Waals surface area (Å²) < 4.78 is 36.3. The van der Waals surface area contributed by atoms with Crippen molar-refractivity contribution >= 4 is 21.0 Å². The maximum absolute atomic E-state index is 12.9. The summed E-state index contributed by atoms with van der Waals surface area (Å²) in [5, 5.41) is 0.516. The molecular weight excluding hydrogens is 416 g/mol. The Morgan fingerprint density at radius 3 is 2.42 bits per heavy atom. The van der Waals surface area contributed by atoms with Gasteiger partial charge in [0.2, 0.25) is 10.0 Å². The van der Waals surface area contributed by atoms with Gasteiger partial charge in [-0.15, -0.1) is 0 Å². The molecule has 1 saturated heterocycles. The van der Waals surface area contributed by atoms with Crippen molar-refractivity contribution in [3.63, 3.8) is 0 Å². The van der Waals surface area contributed by atoms with Crippen molar-refractivity contribution < 1.29 is 17.6 Å². The molecule has 1 fully saturated rings. The molecule has 1 aliphatic heterocycles. The van der Waals surface area contributed by atoms with E-state index in [9.17, 15) is 13.2 Å². The summed E-state index contributed by atoms with van der Waals surface area (Å²) in [5.41, 5.74) is 2.92. The van der Waals surface area contributed by atoms with Crippen LogP contribution in [0.1, 0.15) is 5.56 Å². The lowest BCUT2D eigenvalue weighted by Crippen LogP contribution is -2.49. The van der Waals surface area contributed by atoms with Gasteiger partial charge < -0.3 is 9.15 Å². The van der Waals surface area contributed by atoms with E-state index in [2.05, 4.69) is 4.90 Å². The first kappa shape index (κ1) is 21.5. The summed E-state index contributed by atoms with van der Waals surface area (Å²) in [6.45, 7) is 5.55. The predicted molar refractivity (Wildman–Crippen MR) is 121 cm³/mol. The molecule has 0 bridgehead atoms. The molecular formula is C23H26N2O5S. The minimum absolute atomic E-state index is 0.0691. The minimum Gasteiger partial charge on any atom is -0.492 e. The van der Waals surface area contributed by atoms with E-state index in [4.69, 9.17) is 9.15 Å². The van der Waals surface area contributed by atoms with Crippen molar-refractivity contribution in [1.29, 1.82) is 0 Å². The van der Waals surface area contributed by atoms with Gasteiger partial charge in [0.25, 0.3) is 0 Å². The molecule has 7 nitrogen and oxygen atoms in total. The molecule has 8 heteroatoms. The minimum atomic E-state index is -3.12. The summed E-state index contributed by atoms with van der Waals surface area (Å²) >= 11 is 0. The van der Waals surface area contributed by atoms with Gasteiger partial charge in [0.05, 0.1) is 17.2 Å². The van der Waals surface area contributed by atoms with Gasteiger partial charge in [-0.25, -0.2) is 8.42 Å². The van der Waals surface area contributed by atoms with Crippen LogP contribution in [0, 0.1) is 6.92 Å². The fourth-order valence-electron chi connectivity index (χ4n) is 3.71. The normalized spacial score (nSPS) is 15.9. The zero-order valence-corrected chi connectivity index (χ0v) is 18.5. The number of fused-ring (bicyclic) bond motifs is 1. The van der Waals surface area contributed by atoms with Crippen LogP contribution in [0.2, 0.25) is 0 Å². The van der Waals surface area contributed by atoms with Gasteiger partial charge in [0.15, 0.2) is 5.43 Å². The number of benzene rings is 2. The number of sulfonamides is 1. The van der Waals surface area contributed by atoms with Crippen LogP contribution < -0.4 is 10.2 Å². The molecule has 2 aromatic carbocycles. The molecule has 3 aromatic rings. The molecule has 4 rings (SSSR count). The molecule has 0 amide bonds. The SMILES string of the molecule is Cc1ccc(-c2coc3cc(OCCN4CCN(S(C)(=O)=O)CC4)ccc3c2=O)cc1. The van der Waals surface area contributed by atoms with Gasteiger partial charge in [-0.1, -0.05) is 29.8 Å². The predicted octanol–water partition coefficient (Wildman–Crippen LogP) is 2.72. The average molecular weight is 443 g/mol. The Hall–Kier alpha value is -2.68. The summed E-state index contributed by atoms with van der Waals surface area (Å²) in [5.74, 6) is 0.633. The third kappa shape index (κ3) is 4.98. The van der Waals surface area contributed by atoms with Crippen LogP contribution in [-0.4, -0.2) is 63.2 Å². The third-order valence-electron chi connectivity index (χ3n) is 5.59. The zero-order valence-electron chi connectivity index (χ0n) is 17.7. The molecule has 0 N–H and O–H groups in total. The van der Waals surface area contributed by atoms with E-state index in [1.807, 2.05) is 31.2 Å². The van der Waals surface area contributed by atoms with Gasteiger partial charge in [-0.3, -0.25) is 9.69 Å². The van der Waals surface area contributed by atoms with Crippen LogP contribution in [0.4, 0.5) is 0 Å². The Balaban J connectivity index is 1.39. The molecule has 0 aliphatic carbocycles. The largest absolute Gasteiger partial charge is 0.492 e. The highest BCUT2D eigenvalue weighted by molar-refractivity contribution is 7.88. The van der Waals surface area contributed by atoms with Crippen molar-refractivity contribution in [2.75, 3.05) is 45.6 Å². The standard InChI is InChI=1S/C23H26N2O5S/c1-17-3-5-18(6-4-17)21-16-30-22-15-19(7-8-20(22)23(21)26)29-14-13-24-9-11-25(12-10-24)31(2,27)28/h3-8,15-16H,9-14H2,1-2H3. The molecule has 1 aromatic heterocycles. The van der Waals surface area contributed by atoms with E-state index in [0.29, 0.717) is 61.6 Å². The van der Waals surface area contributed by atoms with Gasteiger partial charge in [0.1, 0.15) is 24.2 Å². The number of hydrogen-bond donors (Lipinski definition) is 0. The van der Waals surface area contributed by atoms with Gasteiger partial charge in [0, 0.05) is 38.8 Å². The Labute approximate surface area is 181 Å². The summed E-state index contributed by atoms with van der Waals surface area (Å²) in [6, 6.07) is 13.0. The number of aryl methyl sites for hydroxylation is 1. The van der Waals surface area contributed by atoms with Crippen LogP contribution in [0.3, 0.4) is 0 Å². The van der Waals surface area contributed by atoms with Crippen LogP contribution >= 0.6 is 0 Å². The van der Waals surface area contributed by atoms with Crippen LogP contribution in [-0.2, 0) is 10.0 Å². The smallest absolute Gasteiger partial charge is 0.211 e. The summed E-state index contributed by atoms with van der Waals surface area (Å²) in [7, 11) is -3.12. The van der Waals surface area contributed by atoms with Crippen molar-refractivity contribution in [1.82, 2.24) is 9.21 Å². The first-order valence-corrected chi connectivity index (χ1v) is 12.1. The lowest BCUT2D eigenvalue weighted by molar-refractivity contribution is 0.159. The van der Waals surface area contributed by atoms with E-state index in [1.165, 1.54) is 16.8 Å². The molecule has 0 atom stereocenters. The molecule has 0 saturated carbocycles. The lowest BCUT2D eigenvalue weighted by atomic mass is 10.0. The number of ether oxygens (including phenoxy) is 1. The fourth-order valence-corrected chi connectivity index (χ4v) is 4.53. The average Bonchev–Trinajstić information content (AvgIpc) is 2.75. The van der Waals surface area contributed by atoms with Gasteiger partial charge in [-0.2, -0.15) is 4.31 Å². The number of nitrogens with zero attached hydrogens (tertiary/aromatic N) is 2. The monoisotopic (exact) mass is 442 g/mol. The Bertz CT molecular complexity index is 1230. The second-order valence-corrected chi connectivity index (χ2v) is 9.84. The van der Waals surface area contributed by atoms with Gasteiger partial charge in [-0.05, 0) is 24.6 Å². The van der Waals surface area contributed by atoms with Crippen LogP contribution in [0.25, 0.3) is 22.1 Å². The molecule has 164 valence electrons. The first-order chi connectivity index (χ1) is 14.8. The van der Waals surface area contributed by atoms with Crippen molar-refractivity contribution in [3.8, 4) is 16.9 Å². The number of rotatable bonds is 6. The first-order valence-electron chi connectivity index (χ1n) is 10.2. The zero-order chi connectivity index (χ0) is 22.0. The fraction of sp³-hybridized carbons (Fsp3) is 0.348. The maximum Gasteiger partial charge on any atom is 0.211 e. The third-order valence-corrected chi connectivity index (χ3v) is 6.89. The highest BCUT2D eigenvalue weighted by Gasteiger charge is 2.23. The maximum atomic E-state index is 12.9. The quantitative estimate of drug-likeness (QED) is 0.584. The van der Waals surface area contributed by atoms with Crippen LogP contribution in [0.5, 0.6) is 5.75 Å². The summed E-state index contributed by atoms with van der Waals surface area (Å²) in [6.07, 6.45) is 2.74. The van der Waals surface area contributed by atoms with E-state index in [1.54, 1.807) is 18.2 Å². The number of piperazine rings is 1. The van der Waals surface area contributed by atoms with E-state index < -0.39 is 10.0 Å². The van der Waals surface area contributed by atoms with Crippen molar-refractivity contribution in [2.45, 2.75) is 6.92 Å². The molecule has 0 unspecified atom stereocenters. The molecule has 1 aliphatic rings. The van der Waals surface area contributed by atoms with E-state index >= 15 is 0 Å². The highest BCUT2D eigenvalue weighted by Crippen LogP contribution is 2.23. The number of hydrogen-bond acceptors (Lipinski definition) is 6. The van der Waals surface area contributed by atoms with Crippen molar-refractivity contribution in [3.05, 3.63) is 64.5 Å². The lowest BCUT2D eigenvalue weighted by Gasteiger charge is -2.33. The van der Waals surface area contributed by atoms with E-state index in [0.717, 1.165) is 11.1 Å². The Morgan fingerprint density at radius 2 is 1.74 bits per heavy atom. The Kier molecular flexibility index (Phi) is 6.13. The molecule has 0 radical (unpaired) electrons. The topological polar surface area (TPSA) is 80.1 Å². The second kappa shape index (κ2) is 8.82. The molecule has 2 heterocycles. The molecule has 31 heavy (non-hydrogen) atoms. The van der Waals surface area contributed by atoms with E-state index in [-0.39, 0.29) is 5.43 Å². The second-order valence-electron chi connectivity index (χ2n) is 7.85. The summed E-state index contributed by atoms with van der Waals surface area (Å²) in [4.78, 5) is 15.1. The van der Waals surface area contributed by atoms with Crippen molar-refractivity contribution in [2.24, 2.45) is 0 Å². The van der Waals surface area contributed by atoms with Crippen LogP contribution in [0.15, 0.2) is 57.9 Å². The Morgan fingerprint density at radius 1 is 1.03 bits per heavy atom. The van der Waals surface area contributed by atoms with Gasteiger partial charge >= 0.3 is 0 Å².